The van der Waals surface area contributed by atoms with Crippen molar-refractivity contribution in [3.05, 3.63) is 30.0 Å². The van der Waals surface area contributed by atoms with Crippen molar-refractivity contribution >= 4 is 16.9 Å². The molecule has 1 saturated heterocycles. The van der Waals surface area contributed by atoms with Crippen molar-refractivity contribution in [2.45, 2.75) is 38.3 Å². The lowest BCUT2D eigenvalue weighted by atomic mass is 10.1. The van der Waals surface area contributed by atoms with Crippen molar-refractivity contribution in [3.63, 3.8) is 0 Å². The quantitative estimate of drug-likeness (QED) is 0.926. The van der Waals surface area contributed by atoms with E-state index in [4.69, 9.17) is 9.26 Å². The van der Waals surface area contributed by atoms with E-state index in [1.54, 1.807) is 0 Å². The topological polar surface area (TPSA) is 64.4 Å². The van der Waals surface area contributed by atoms with Gasteiger partial charge in [0.1, 0.15) is 5.69 Å². The van der Waals surface area contributed by atoms with Crippen LogP contribution in [-0.2, 0) is 16.0 Å². The minimum absolute atomic E-state index is 0.0307. The van der Waals surface area contributed by atoms with Crippen LogP contribution >= 0.6 is 0 Å². The number of aromatic nitrogens is 1. The summed E-state index contributed by atoms with van der Waals surface area (Å²) in [6, 6.07) is 7.59. The standard InChI is InChI=1S/C15H18N2O3/c1-10(13-7-4-8-19-13)16-15(18)9-12-11-5-2-3-6-14(11)20-17-12/h2-3,5-6,10,13H,4,7-9H2,1H3,(H,16,18). The monoisotopic (exact) mass is 274 g/mol. The van der Waals surface area contributed by atoms with Gasteiger partial charge in [0.25, 0.3) is 0 Å². The first-order chi connectivity index (χ1) is 9.74. The molecule has 0 aliphatic carbocycles. The molecular formula is C15H18N2O3. The van der Waals surface area contributed by atoms with Crippen molar-refractivity contribution in [1.82, 2.24) is 10.5 Å². The third-order valence-electron chi connectivity index (χ3n) is 3.69. The fraction of sp³-hybridized carbons (Fsp3) is 0.467. The van der Waals surface area contributed by atoms with E-state index in [1.165, 1.54) is 0 Å². The van der Waals surface area contributed by atoms with Crippen molar-refractivity contribution in [2.24, 2.45) is 0 Å². The Hall–Kier alpha value is -1.88. The van der Waals surface area contributed by atoms with E-state index >= 15 is 0 Å². The highest BCUT2D eigenvalue weighted by atomic mass is 16.5. The summed E-state index contributed by atoms with van der Waals surface area (Å²) in [6.45, 7) is 2.77. The summed E-state index contributed by atoms with van der Waals surface area (Å²) in [4.78, 5) is 12.1. The van der Waals surface area contributed by atoms with E-state index in [9.17, 15) is 4.79 Å². The third kappa shape index (κ3) is 2.67. The minimum Gasteiger partial charge on any atom is -0.376 e. The number of hydrogen-bond donors (Lipinski definition) is 1. The smallest absolute Gasteiger partial charge is 0.226 e. The average Bonchev–Trinajstić information content (AvgIpc) is 3.09. The molecule has 1 fully saturated rings. The number of amides is 1. The van der Waals surface area contributed by atoms with Gasteiger partial charge in [-0.05, 0) is 31.9 Å². The Labute approximate surface area is 117 Å². The lowest BCUT2D eigenvalue weighted by Gasteiger charge is -2.19. The van der Waals surface area contributed by atoms with E-state index in [0.717, 1.165) is 24.8 Å². The van der Waals surface area contributed by atoms with Gasteiger partial charge >= 0.3 is 0 Å². The highest BCUT2D eigenvalue weighted by Gasteiger charge is 2.24. The summed E-state index contributed by atoms with van der Waals surface area (Å²) in [5, 5.41) is 7.85. The first kappa shape index (κ1) is 13.1. The Morgan fingerprint density at radius 3 is 3.15 bits per heavy atom. The Balaban J connectivity index is 1.63. The third-order valence-corrected chi connectivity index (χ3v) is 3.69. The second kappa shape index (κ2) is 5.63. The molecule has 1 N–H and O–H groups in total. The number of fused-ring (bicyclic) bond motifs is 1. The molecule has 0 radical (unpaired) electrons. The minimum atomic E-state index is -0.0490. The maximum Gasteiger partial charge on any atom is 0.226 e. The first-order valence-electron chi connectivity index (χ1n) is 6.98. The molecule has 1 aliphatic rings. The fourth-order valence-electron chi connectivity index (χ4n) is 2.61. The summed E-state index contributed by atoms with van der Waals surface area (Å²) < 4.78 is 10.8. The average molecular weight is 274 g/mol. The van der Waals surface area contributed by atoms with Gasteiger partial charge in [0.15, 0.2) is 5.58 Å². The van der Waals surface area contributed by atoms with Gasteiger partial charge in [0.2, 0.25) is 5.91 Å². The molecule has 0 saturated carbocycles. The van der Waals surface area contributed by atoms with Gasteiger partial charge in [0, 0.05) is 12.0 Å². The van der Waals surface area contributed by atoms with Crippen LogP contribution in [0.15, 0.2) is 28.8 Å². The summed E-state index contributed by atoms with van der Waals surface area (Å²) in [6.07, 6.45) is 2.44. The molecule has 1 aromatic carbocycles. The van der Waals surface area contributed by atoms with Gasteiger partial charge in [-0.3, -0.25) is 4.79 Å². The number of rotatable bonds is 4. The van der Waals surface area contributed by atoms with E-state index in [2.05, 4.69) is 10.5 Å². The summed E-state index contributed by atoms with van der Waals surface area (Å²) in [5.74, 6) is -0.0490. The van der Waals surface area contributed by atoms with Gasteiger partial charge in [0.05, 0.1) is 18.6 Å². The predicted molar refractivity (Wildman–Crippen MR) is 74.3 cm³/mol. The van der Waals surface area contributed by atoms with Crippen LogP contribution in [0.5, 0.6) is 0 Å². The largest absolute Gasteiger partial charge is 0.376 e. The number of nitrogens with one attached hydrogen (secondary N) is 1. The molecule has 1 aromatic heterocycles. The lowest BCUT2D eigenvalue weighted by Crippen LogP contribution is -2.41. The van der Waals surface area contributed by atoms with Crippen LogP contribution < -0.4 is 5.32 Å². The van der Waals surface area contributed by atoms with Crippen molar-refractivity contribution in [1.29, 1.82) is 0 Å². The highest BCUT2D eigenvalue weighted by Crippen LogP contribution is 2.19. The number of carbonyl (C=O) groups excluding carboxylic acids is 1. The van der Waals surface area contributed by atoms with E-state index in [1.807, 2.05) is 31.2 Å². The Morgan fingerprint density at radius 2 is 2.35 bits per heavy atom. The molecule has 5 heteroatoms. The molecule has 0 spiro atoms. The maximum absolute atomic E-state index is 12.1. The Morgan fingerprint density at radius 1 is 1.50 bits per heavy atom. The van der Waals surface area contributed by atoms with Gasteiger partial charge in [-0.2, -0.15) is 0 Å². The van der Waals surface area contributed by atoms with Crippen LogP contribution in [0.25, 0.3) is 11.0 Å². The summed E-state index contributed by atoms with van der Waals surface area (Å²) in [5.41, 5.74) is 1.39. The molecule has 3 rings (SSSR count). The molecule has 0 bridgehead atoms. The normalized spacial score (nSPS) is 20.1. The maximum atomic E-state index is 12.1. The first-order valence-corrected chi connectivity index (χ1v) is 6.98. The number of benzene rings is 1. The van der Waals surface area contributed by atoms with E-state index in [-0.39, 0.29) is 24.5 Å². The van der Waals surface area contributed by atoms with Crippen molar-refractivity contribution < 1.29 is 14.1 Å². The molecule has 2 aromatic rings. The lowest BCUT2D eigenvalue weighted by molar-refractivity contribution is -0.122. The SMILES string of the molecule is CC(NC(=O)Cc1noc2ccccc12)C1CCCO1. The zero-order chi connectivity index (χ0) is 13.9. The number of nitrogens with zero attached hydrogens (tertiary/aromatic N) is 1. The van der Waals surface area contributed by atoms with E-state index < -0.39 is 0 Å². The van der Waals surface area contributed by atoms with Crippen LogP contribution in [-0.4, -0.2) is 29.8 Å². The number of carbonyl (C=O) groups is 1. The van der Waals surface area contributed by atoms with Gasteiger partial charge < -0.3 is 14.6 Å². The Bertz CT molecular complexity index is 602. The predicted octanol–water partition coefficient (Wildman–Crippen LogP) is 2.05. The second-order valence-electron chi connectivity index (χ2n) is 5.21. The van der Waals surface area contributed by atoms with Crippen LogP contribution in [0.2, 0.25) is 0 Å². The second-order valence-corrected chi connectivity index (χ2v) is 5.21. The Kier molecular flexibility index (Phi) is 3.69. The van der Waals surface area contributed by atoms with Crippen molar-refractivity contribution in [2.75, 3.05) is 6.61 Å². The zero-order valence-corrected chi connectivity index (χ0v) is 11.5. The number of hydrogen-bond acceptors (Lipinski definition) is 4. The van der Waals surface area contributed by atoms with Crippen LogP contribution in [0.1, 0.15) is 25.5 Å². The fourth-order valence-corrected chi connectivity index (χ4v) is 2.61. The van der Waals surface area contributed by atoms with Crippen molar-refractivity contribution in [3.8, 4) is 0 Å². The number of para-hydroxylation sites is 1. The van der Waals surface area contributed by atoms with Gasteiger partial charge in [-0.15, -0.1) is 0 Å². The molecule has 2 unspecified atom stereocenters. The molecule has 1 aliphatic heterocycles. The molecule has 106 valence electrons. The molecule has 20 heavy (non-hydrogen) atoms. The van der Waals surface area contributed by atoms with Crippen LogP contribution in [0, 0.1) is 0 Å². The molecule has 5 nitrogen and oxygen atoms in total. The van der Waals surface area contributed by atoms with Crippen LogP contribution in [0.4, 0.5) is 0 Å². The van der Waals surface area contributed by atoms with E-state index in [0.29, 0.717) is 11.3 Å². The highest BCUT2D eigenvalue weighted by molar-refractivity contribution is 5.86. The summed E-state index contributed by atoms with van der Waals surface area (Å²) in [7, 11) is 0. The zero-order valence-electron chi connectivity index (χ0n) is 11.5. The van der Waals surface area contributed by atoms with Gasteiger partial charge in [-0.1, -0.05) is 17.3 Å². The molecule has 1 amide bonds. The van der Waals surface area contributed by atoms with Gasteiger partial charge in [-0.25, -0.2) is 0 Å². The molecule has 2 heterocycles. The molecular weight excluding hydrogens is 256 g/mol. The molecule has 2 atom stereocenters. The summed E-state index contributed by atoms with van der Waals surface area (Å²) >= 11 is 0. The van der Waals surface area contributed by atoms with Crippen LogP contribution in [0.3, 0.4) is 0 Å². The number of ether oxygens (including phenoxy) is 1.